The van der Waals surface area contributed by atoms with Crippen LogP contribution in [0.15, 0.2) is 237 Å². The van der Waals surface area contributed by atoms with Crippen LogP contribution in [0.2, 0.25) is 0 Å². The maximum Gasteiger partial charge on any atom is 0.0544 e. The Morgan fingerprint density at radius 2 is 0.671 bits per heavy atom. The van der Waals surface area contributed by atoms with Gasteiger partial charge in [-0.15, -0.1) is 0 Å². The fourth-order valence-electron chi connectivity index (χ4n) is 11.7. The first-order valence-electron chi connectivity index (χ1n) is 24.6. The molecule has 0 saturated carbocycles. The molecule has 0 bridgehead atoms. The lowest BCUT2D eigenvalue weighted by Crippen LogP contribution is -2.17. The molecule has 0 unspecified atom stereocenters. The molecule has 1 N–H and O–H groups in total. The number of hydrogen-bond donors (Lipinski definition) is 1. The maximum absolute atomic E-state index is 3.89. The molecule has 13 rings (SSSR count). The average Bonchev–Trinajstić information content (AvgIpc) is 3.98. The molecule has 1 heterocycles. The summed E-state index contributed by atoms with van der Waals surface area (Å²) in [5.41, 5.74) is 27.0. The molecule has 0 atom stereocenters. The summed E-state index contributed by atoms with van der Waals surface area (Å²) in [5.74, 6) is 0. The Hall–Kier alpha value is -8.46. The van der Waals surface area contributed by atoms with E-state index < -0.39 is 0 Å². The molecule has 2 aliphatic rings. The summed E-state index contributed by atoms with van der Waals surface area (Å²) in [6, 6.07) is 87.2. The summed E-state index contributed by atoms with van der Waals surface area (Å²) in [6.45, 7) is 9.59. The number of rotatable bonds is 8. The third-order valence-electron chi connectivity index (χ3n) is 15.4. The van der Waals surface area contributed by atoms with Gasteiger partial charge in [-0.3, -0.25) is 0 Å². The number of fused-ring (bicyclic) bond motifs is 7. The lowest BCUT2D eigenvalue weighted by molar-refractivity contribution is 0.660. The lowest BCUT2D eigenvalue weighted by atomic mass is 9.80. The van der Waals surface area contributed by atoms with Gasteiger partial charge in [-0.2, -0.15) is 0 Å². The summed E-state index contributed by atoms with van der Waals surface area (Å²) < 4.78 is 0. The van der Waals surface area contributed by atoms with Crippen molar-refractivity contribution >= 4 is 28.0 Å². The van der Waals surface area contributed by atoms with Gasteiger partial charge >= 0.3 is 0 Å². The predicted molar refractivity (Wildman–Crippen MR) is 295 cm³/mol. The number of aromatic nitrogens is 1. The first-order chi connectivity index (χ1) is 34.2. The van der Waals surface area contributed by atoms with Crippen molar-refractivity contribution < 1.29 is 0 Å². The molecular formula is C68H52N2. The van der Waals surface area contributed by atoms with Crippen molar-refractivity contribution in [3.63, 3.8) is 0 Å². The normalized spacial score (nSPS) is 13.7. The number of hydrogen-bond acceptors (Lipinski definition) is 1. The van der Waals surface area contributed by atoms with E-state index in [9.17, 15) is 0 Å². The molecule has 0 amide bonds. The molecule has 11 aromatic rings. The predicted octanol–water partition coefficient (Wildman–Crippen LogP) is 18.6. The van der Waals surface area contributed by atoms with Crippen LogP contribution in [0.25, 0.3) is 88.9 Å². The number of anilines is 3. The van der Waals surface area contributed by atoms with E-state index in [1.165, 1.54) is 105 Å². The molecule has 70 heavy (non-hydrogen) atoms. The minimum absolute atomic E-state index is 0.182. The standard InChI is InChI=1S/C68H52N2/c1-67(2)60-39-50(51-30-37-57-58-42-59-64(43-63(58)68(3,4)61(57)40-51)69-66(49-23-15-8-16-24-49)65(59)48-21-13-7-14-22-48)29-36-55(60)56-38-35-54(41-62(56)67)70(52-31-25-46(26-32-52)44-17-9-5-10-18-44)53-33-27-47(28-34-53)45-19-11-6-12-20-45/h5-43,69H,1-4H3. The Kier molecular flexibility index (Phi) is 9.58. The SMILES string of the molecule is CC1(C)c2cc(-c3ccc4c(c3)C(C)(C)c3cc5[nH]c(-c6ccccc6)c(-c6ccccc6)c5cc3-4)ccc2-c2ccc(N(c3ccc(-c4ccccc4)cc3)c3ccc(-c4ccccc4)cc3)cc21. The number of benzene rings is 10. The van der Waals surface area contributed by atoms with Crippen LogP contribution in [0, 0.1) is 0 Å². The Bertz CT molecular complexity index is 3690. The zero-order chi connectivity index (χ0) is 47.1. The van der Waals surface area contributed by atoms with Crippen LogP contribution in [-0.2, 0) is 10.8 Å². The molecule has 0 radical (unpaired) electrons. The monoisotopic (exact) mass is 896 g/mol. The molecule has 1 aromatic heterocycles. The van der Waals surface area contributed by atoms with Crippen molar-refractivity contribution in [2.45, 2.75) is 38.5 Å². The maximum atomic E-state index is 3.89. The Balaban J connectivity index is 0.861. The van der Waals surface area contributed by atoms with E-state index in [2.05, 4.69) is 274 Å². The molecule has 10 aromatic carbocycles. The summed E-state index contributed by atoms with van der Waals surface area (Å²) in [6.07, 6.45) is 0. The summed E-state index contributed by atoms with van der Waals surface area (Å²) >= 11 is 0. The molecule has 2 aliphatic carbocycles. The van der Waals surface area contributed by atoms with E-state index in [4.69, 9.17) is 0 Å². The van der Waals surface area contributed by atoms with Crippen molar-refractivity contribution in [2.24, 2.45) is 0 Å². The van der Waals surface area contributed by atoms with Gasteiger partial charge in [-0.1, -0.05) is 204 Å². The number of H-pyrrole nitrogens is 1. The highest BCUT2D eigenvalue weighted by atomic mass is 15.1. The highest BCUT2D eigenvalue weighted by Crippen LogP contribution is 2.55. The minimum atomic E-state index is -0.223. The first kappa shape index (κ1) is 41.7. The summed E-state index contributed by atoms with van der Waals surface area (Å²) in [7, 11) is 0. The van der Waals surface area contributed by atoms with Gasteiger partial charge < -0.3 is 9.88 Å². The fourth-order valence-corrected chi connectivity index (χ4v) is 11.7. The van der Waals surface area contributed by atoms with Crippen molar-refractivity contribution in [3.05, 3.63) is 259 Å². The van der Waals surface area contributed by atoms with Crippen LogP contribution in [0.3, 0.4) is 0 Å². The number of aromatic amines is 1. The van der Waals surface area contributed by atoms with E-state index in [-0.39, 0.29) is 10.8 Å². The Morgan fingerprint density at radius 1 is 0.300 bits per heavy atom. The minimum Gasteiger partial charge on any atom is -0.354 e. The zero-order valence-corrected chi connectivity index (χ0v) is 40.0. The lowest BCUT2D eigenvalue weighted by Gasteiger charge is -2.28. The second-order valence-corrected chi connectivity index (χ2v) is 20.2. The van der Waals surface area contributed by atoms with Crippen LogP contribution in [-0.4, -0.2) is 4.98 Å². The smallest absolute Gasteiger partial charge is 0.0544 e. The zero-order valence-electron chi connectivity index (χ0n) is 40.0. The van der Waals surface area contributed by atoms with Crippen LogP contribution < -0.4 is 4.90 Å². The van der Waals surface area contributed by atoms with Gasteiger partial charge in [0, 0.05) is 44.4 Å². The summed E-state index contributed by atoms with van der Waals surface area (Å²) in [5, 5.41) is 1.25. The van der Waals surface area contributed by atoms with Crippen molar-refractivity contribution in [3.8, 4) is 78.0 Å². The van der Waals surface area contributed by atoms with Gasteiger partial charge in [0.05, 0.1) is 5.69 Å². The fraction of sp³-hybridized carbons (Fsp3) is 0.0882. The van der Waals surface area contributed by atoms with Crippen LogP contribution in [0.1, 0.15) is 49.9 Å². The van der Waals surface area contributed by atoms with Crippen molar-refractivity contribution in [1.82, 2.24) is 4.98 Å². The van der Waals surface area contributed by atoms with E-state index >= 15 is 0 Å². The van der Waals surface area contributed by atoms with Crippen molar-refractivity contribution in [2.75, 3.05) is 4.90 Å². The van der Waals surface area contributed by atoms with Crippen LogP contribution in [0.4, 0.5) is 17.1 Å². The van der Waals surface area contributed by atoms with E-state index in [0.29, 0.717) is 0 Å². The topological polar surface area (TPSA) is 19.0 Å². The van der Waals surface area contributed by atoms with E-state index in [1.807, 2.05) is 0 Å². The van der Waals surface area contributed by atoms with E-state index in [0.717, 1.165) is 22.8 Å². The highest BCUT2D eigenvalue weighted by molar-refractivity contribution is 6.07. The highest BCUT2D eigenvalue weighted by Gasteiger charge is 2.39. The van der Waals surface area contributed by atoms with Gasteiger partial charge in [0.15, 0.2) is 0 Å². The average molecular weight is 897 g/mol. The van der Waals surface area contributed by atoms with Gasteiger partial charge in [-0.05, 0) is 150 Å². The molecule has 2 nitrogen and oxygen atoms in total. The second-order valence-electron chi connectivity index (χ2n) is 20.2. The Labute approximate surface area is 411 Å². The van der Waals surface area contributed by atoms with Gasteiger partial charge in [0.2, 0.25) is 0 Å². The van der Waals surface area contributed by atoms with Gasteiger partial charge in [0.25, 0.3) is 0 Å². The van der Waals surface area contributed by atoms with Crippen LogP contribution >= 0.6 is 0 Å². The van der Waals surface area contributed by atoms with Gasteiger partial charge in [-0.25, -0.2) is 0 Å². The number of nitrogens with zero attached hydrogens (tertiary/aromatic N) is 1. The van der Waals surface area contributed by atoms with Crippen LogP contribution in [0.5, 0.6) is 0 Å². The largest absolute Gasteiger partial charge is 0.354 e. The molecular weight excluding hydrogens is 845 g/mol. The van der Waals surface area contributed by atoms with Crippen molar-refractivity contribution in [1.29, 1.82) is 0 Å². The van der Waals surface area contributed by atoms with Gasteiger partial charge in [0.1, 0.15) is 0 Å². The molecule has 0 aliphatic heterocycles. The molecule has 0 saturated heterocycles. The molecule has 334 valence electrons. The van der Waals surface area contributed by atoms with E-state index in [1.54, 1.807) is 0 Å². The summed E-state index contributed by atoms with van der Waals surface area (Å²) in [4.78, 5) is 6.30. The molecule has 0 fully saturated rings. The second kappa shape index (κ2) is 16.1. The third kappa shape index (κ3) is 6.70. The molecule has 2 heteroatoms. The first-order valence-corrected chi connectivity index (χ1v) is 24.6. The molecule has 0 spiro atoms. The Morgan fingerprint density at radius 3 is 1.17 bits per heavy atom. The quantitative estimate of drug-likeness (QED) is 0.161. The number of nitrogens with one attached hydrogen (secondary N) is 1. The third-order valence-corrected chi connectivity index (χ3v) is 15.4.